The van der Waals surface area contributed by atoms with Crippen molar-refractivity contribution >= 4 is 37.3 Å². The number of rotatable bonds is 9. The molecule has 0 atom stereocenters. The molecule has 9 nitrogen and oxygen atoms in total. The number of anilines is 2. The van der Waals surface area contributed by atoms with Gasteiger partial charge in [0.1, 0.15) is 5.75 Å². The maximum Gasteiger partial charge on any atom is 0.255 e. The van der Waals surface area contributed by atoms with E-state index >= 15 is 0 Å². The molecule has 202 valence electrons. The molecule has 0 spiro atoms. The number of hydrogen-bond donors (Lipinski definition) is 1. The van der Waals surface area contributed by atoms with Gasteiger partial charge in [0, 0.05) is 18.7 Å². The summed E-state index contributed by atoms with van der Waals surface area (Å²) in [5, 5.41) is 2.73. The van der Waals surface area contributed by atoms with Gasteiger partial charge >= 0.3 is 0 Å². The number of amides is 1. The van der Waals surface area contributed by atoms with Crippen LogP contribution in [-0.2, 0) is 26.6 Å². The van der Waals surface area contributed by atoms with E-state index in [0.717, 1.165) is 30.2 Å². The highest BCUT2D eigenvalue weighted by Gasteiger charge is 2.28. The summed E-state index contributed by atoms with van der Waals surface area (Å²) in [6.07, 6.45) is 2.77. The van der Waals surface area contributed by atoms with Gasteiger partial charge in [-0.25, -0.2) is 16.8 Å². The Kier molecular flexibility index (Phi) is 8.10. The van der Waals surface area contributed by atoms with Gasteiger partial charge in [-0.3, -0.25) is 9.10 Å². The Bertz CT molecular complexity index is 1510. The zero-order valence-electron chi connectivity index (χ0n) is 21.5. The lowest BCUT2D eigenvalue weighted by molar-refractivity contribution is 0.102. The first-order valence-electron chi connectivity index (χ1n) is 12.1. The highest BCUT2D eigenvalue weighted by molar-refractivity contribution is 7.92. The fraction of sp³-hybridized carbons (Fsp3) is 0.296. The quantitative estimate of drug-likeness (QED) is 0.426. The van der Waals surface area contributed by atoms with Crippen LogP contribution in [0, 0.1) is 6.92 Å². The van der Waals surface area contributed by atoms with Crippen LogP contribution < -0.4 is 14.4 Å². The van der Waals surface area contributed by atoms with Crippen LogP contribution in [0.25, 0.3) is 0 Å². The number of carbonyl (C=O) groups is 1. The van der Waals surface area contributed by atoms with Gasteiger partial charge in [0.05, 0.1) is 36.2 Å². The molecule has 4 rings (SSSR count). The minimum Gasteiger partial charge on any atom is -0.495 e. The topological polar surface area (TPSA) is 113 Å². The standard InChI is InChI=1S/C27H31N3O6S2/c1-20-6-8-21(9-7-20)19-30(37(3,32)33)23-12-10-22(11-13-23)27(31)28-25-18-24(14-15-26(25)36-2)38(34,35)29-16-4-5-17-29/h6-15,18H,4-5,16-17,19H2,1-3H3,(H,28,31). The zero-order chi connectivity index (χ0) is 27.5. The summed E-state index contributed by atoms with van der Waals surface area (Å²) in [6, 6.07) is 18.1. The lowest BCUT2D eigenvalue weighted by atomic mass is 10.1. The molecule has 0 aromatic heterocycles. The van der Waals surface area contributed by atoms with E-state index in [4.69, 9.17) is 4.74 Å². The van der Waals surface area contributed by atoms with Crippen molar-refractivity contribution in [2.45, 2.75) is 31.2 Å². The number of carbonyl (C=O) groups excluding carboxylic acids is 1. The summed E-state index contributed by atoms with van der Waals surface area (Å²) in [5.41, 5.74) is 2.82. The molecule has 1 aliphatic rings. The Balaban J connectivity index is 1.55. The molecule has 0 unspecified atom stereocenters. The molecular weight excluding hydrogens is 526 g/mol. The number of hydrogen-bond acceptors (Lipinski definition) is 6. The van der Waals surface area contributed by atoms with E-state index in [1.807, 2.05) is 31.2 Å². The van der Waals surface area contributed by atoms with Crippen molar-refractivity contribution in [1.82, 2.24) is 4.31 Å². The van der Waals surface area contributed by atoms with Gasteiger partial charge in [-0.1, -0.05) is 29.8 Å². The molecule has 0 bridgehead atoms. The van der Waals surface area contributed by atoms with Gasteiger partial charge in [-0.15, -0.1) is 0 Å². The average molecular weight is 558 g/mol. The lowest BCUT2D eigenvalue weighted by Crippen LogP contribution is -2.29. The largest absolute Gasteiger partial charge is 0.495 e. The fourth-order valence-electron chi connectivity index (χ4n) is 4.26. The Morgan fingerprint density at radius 1 is 0.947 bits per heavy atom. The van der Waals surface area contributed by atoms with E-state index in [9.17, 15) is 21.6 Å². The lowest BCUT2D eigenvalue weighted by Gasteiger charge is -2.23. The van der Waals surface area contributed by atoms with Crippen LogP contribution in [0.15, 0.2) is 71.6 Å². The second-order valence-corrected chi connectivity index (χ2v) is 13.1. The maximum absolute atomic E-state index is 13.0. The second kappa shape index (κ2) is 11.1. The predicted molar refractivity (Wildman–Crippen MR) is 148 cm³/mol. The molecule has 1 N–H and O–H groups in total. The normalized spacial score (nSPS) is 14.3. The minimum atomic E-state index is -3.68. The Morgan fingerprint density at radius 2 is 1.58 bits per heavy atom. The number of aryl methyl sites for hydroxylation is 1. The number of nitrogens with one attached hydrogen (secondary N) is 1. The third kappa shape index (κ3) is 6.17. The Hall–Kier alpha value is -3.41. The van der Waals surface area contributed by atoms with Gasteiger partial charge in [-0.2, -0.15) is 4.31 Å². The molecule has 0 aliphatic carbocycles. The van der Waals surface area contributed by atoms with E-state index < -0.39 is 26.0 Å². The van der Waals surface area contributed by atoms with Gasteiger partial charge < -0.3 is 10.1 Å². The molecule has 3 aromatic rings. The molecule has 11 heteroatoms. The molecule has 3 aromatic carbocycles. The van der Waals surface area contributed by atoms with Crippen molar-refractivity contribution < 1.29 is 26.4 Å². The number of nitrogens with zero attached hydrogens (tertiary/aromatic N) is 2. The van der Waals surface area contributed by atoms with E-state index in [1.54, 1.807) is 12.1 Å². The molecule has 0 saturated carbocycles. The van der Waals surface area contributed by atoms with Crippen LogP contribution in [0.2, 0.25) is 0 Å². The van der Waals surface area contributed by atoms with Crippen LogP contribution >= 0.6 is 0 Å². The molecule has 1 heterocycles. The van der Waals surface area contributed by atoms with E-state index in [2.05, 4.69) is 5.32 Å². The first-order chi connectivity index (χ1) is 18.0. The zero-order valence-corrected chi connectivity index (χ0v) is 23.2. The van der Waals surface area contributed by atoms with E-state index in [0.29, 0.717) is 24.5 Å². The molecule has 0 radical (unpaired) electrons. The van der Waals surface area contributed by atoms with Crippen LogP contribution in [0.5, 0.6) is 5.75 Å². The Labute approximate surface area is 224 Å². The number of methoxy groups -OCH3 is 1. The molecular formula is C27H31N3O6S2. The predicted octanol–water partition coefficient (Wildman–Crippen LogP) is 4.01. The summed E-state index contributed by atoms with van der Waals surface area (Å²) in [5.74, 6) is -0.174. The van der Waals surface area contributed by atoms with Crippen LogP contribution in [-0.4, -0.2) is 53.5 Å². The first-order valence-corrected chi connectivity index (χ1v) is 15.4. The highest BCUT2D eigenvalue weighted by Crippen LogP contribution is 2.31. The third-order valence-corrected chi connectivity index (χ3v) is 9.42. The van der Waals surface area contributed by atoms with Crippen molar-refractivity contribution in [2.24, 2.45) is 0 Å². The fourth-order valence-corrected chi connectivity index (χ4v) is 6.69. The van der Waals surface area contributed by atoms with Gasteiger partial charge in [0.25, 0.3) is 5.91 Å². The van der Waals surface area contributed by atoms with Crippen LogP contribution in [0.4, 0.5) is 11.4 Å². The summed E-state index contributed by atoms with van der Waals surface area (Å²) >= 11 is 0. The number of ether oxygens (including phenoxy) is 1. The van der Waals surface area contributed by atoms with Crippen molar-refractivity contribution in [2.75, 3.05) is 36.1 Å². The molecule has 38 heavy (non-hydrogen) atoms. The minimum absolute atomic E-state index is 0.0748. The van der Waals surface area contributed by atoms with Gasteiger partial charge in [0.2, 0.25) is 20.0 Å². The van der Waals surface area contributed by atoms with Gasteiger partial charge in [0.15, 0.2) is 0 Å². The number of sulfonamides is 2. The molecule has 1 saturated heterocycles. The van der Waals surface area contributed by atoms with Crippen molar-refractivity contribution in [3.63, 3.8) is 0 Å². The van der Waals surface area contributed by atoms with Crippen molar-refractivity contribution in [3.8, 4) is 5.75 Å². The molecule has 1 amide bonds. The van der Waals surface area contributed by atoms with Crippen molar-refractivity contribution in [1.29, 1.82) is 0 Å². The summed E-state index contributed by atoms with van der Waals surface area (Å²) in [4.78, 5) is 13.1. The van der Waals surface area contributed by atoms with E-state index in [1.165, 1.54) is 46.1 Å². The van der Waals surface area contributed by atoms with Crippen LogP contribution in [0.1, 0.15) is 34.3 Å². The maximum atomic E-state index is 13.0. The summed E-state index contributed by atoms with van der Waals surface area (Å²) in [6.45, 7) is 3.05. The van der Waals surface area contributed by atoms with Crippen molar-refractivity contribution in [3.05, 3.63) is 83.4 Å². The average Bonchev–Trinajstić information content (AvgIpc) is 3.44. The number of benzene rings is 3. The summed E-state index contributed by atoms with van der Waals surface area (Å²) in [7, 11) is -5.83. The highest BCUT2D eigenvalue weighted by atomic mass is 32.2. The summed E-state index contributed by atoms with van der Waals surface area (Å²) < 4.78 is 59.1. The smallest absolute Gasteiger partial charge is 0.255 e. The van der Waals surface area contributed by atoms with E-state index in [-0.39, 0.29) is 22.7 Å². The SMILES string of the molecule is COc1ccc(S(=O)(=O)N2CCCC2)cc1NC(=O)c1ccc(N(Cc2ccc(C)cc2)S(C)(=O)=O)cc1. The Morgan fingerprint density at radius 3 is 2.16 bits per heavy atom. The molecule has 1 aliphatic heterocycles. The first kappa shape index (κ1) is 27.6. The monoisotopic (exact) mass is 557 g/mol. The second-order valence-electron chi connectivity index (χ2n) is 9.23. The van der Waals surface area contributed by atoms with Crippen LogP contribution in [0.3, 0.4) is 0 Å². The van der Waals surface area contributed by atoms with Gasteiger partial charge in [-0.05, 0) is 67.8 Å². The molecule has 1 fully saturated rings. The third-order valence-electron chi connectivity index (χ3n) is 6.39.